The van der Waals surface area contributed by atoms with Crippen molar-refractivity contribution in [3.63, 3.8) is 0 Å². The fraction of sp³-hybridized carbons (Fsp3) is 0.769. The van der Waals surface area contributed by atoms with Gasteiger partial charge in [-0.1, -0.05) is 14.0 Å². The summed E-state index contributed by atoms with van der Waals surface area (Å²) in [5.41, 5.74) is 0.488. The van der Waals surface area contributed by atoms with Gasteiger partial charge in [-0.3, -0.25) is 9.35 Å². The molecular weight excluding hydrogens is 280 g/mol. The molecule has 0 aliphatic heterocycles. The first-order valence-electron chi connectivity index (χ1n) is 6.24. The van der Waals surface area contributed by atoms with Gasteiger partial charge < -0.3 is 9.80 Å². The number of hydrogen-bond donors (Lipinski definition) is 2. The van der Waals surface area contributed by atoms with Crippen molar-refractivity contribution < 1.29 is 22.2 Å². The zero-order valence-corrected chi connectivity index (χ0v) is 12.8. The minimum Gasteiger partial charge on any atom is -0.352 e. The van der Waals surface area contributed by atoms with E-state index in [0.29, 0.717) is 29.6 Å². The molecule has 0 saturated carbocycles. The van der Waals surface area contributed by atoms with E-state index in [9.17, 15) is 13.2 Å². The Morgan fingerprint density at radius 3 is 2.20 bits per heavy atom. The molecule has 0 bridgehead atoms. The lowest BCUT2D eigenvalue weighted by Crippen LogP contribution is -2.43. The average Bonchev–Trinajstić information content (AvgIpc) is 2.21. The van der Waals surface area contributed by atoms with Crippen molar-refractivity contribution in [3.05, 3.63) is 12.2 Å². The van der Waals surface area contributed by atoms with Crippen molar-refractivity contribution in [1.29, 1.82) is 0 Å². The molecule has 0 aliphatic rings. The van der Waals surface area contributed by atoms with E-state index in [2.05, 4.69) is 11.9 Å². The second-order valence-corrected chi connectivity index (χ2v) is 6.98. The van der Waals surface area contributed by atoms with Crippen LogP contribution in [0.5, 0.6) is 0 Å². The largest absolute Gasteiger partial charge is 0.352 e. The third-order valence-corrected chi connectivity index (χ3v) is 3.58. The van der Waals surface area contributed by atoms with E-state index in [-0.39, 0.29) is 19.1 Å². The first-order valence-corrected chi connectivity index (χ1v) is 7.85. The molecule has 0 aromatic rings. The van der Waals surface area contributed by atoms with Crippen LogP contribution in [0.25, 0.3) is 0 Å². The van der Waals surface area contributed by atoms with Crippen LogP contribution >= 0.6 is 0 Å². The molecule has 0 unspecified atom stereocenters. The summed E-state index contributed by atoms with van der Waals surface area (Å²) in [5.74, 6) is -0.349. The summed E-state index contributed by atoms with van der Waals surface area (Å²) < 4.78 is 30.5. The molecule has 0 saturated heterocycles. The topological polar surface area (TPSA) is 83.5 Å². The standard InChI is InChI=1S/C12H24N2O4S.CH4/c1-11(2)12(15)13-7-5-8-14(3,4)9-6-10-19(16,17)18;/h1,5-10H2,2-4H3,(H-,13,15,16,17,18);1H4/p+1. The van der Waals surface area contributed by atoms with Gasteiger partial charge in [-0.15, -0.1) is 0 Å². The molecule has 120 valence electrons. The molecule has 0 atom stereocenters. The van der Waals surface area contributed by atoms with E-state index in [1.54, 1.807) is 6.92 Å². The van der Waals surface area contributed by atoms with Gasteiger partial charge in [0.25, 0.3) is 10.1 Å². The van der Waals surface area contributed by atoms with E-state index in [1.807, 2.05) is 14.1 Å². The Labute approximate surface area is 123 Å². The highest BCUT2D eigenvalue weighted by Crippen LogP contribution is 2.02. The maximum Gasteiger partial charge on any atom is 0.265 e. The number of amides is 1. The molecule has 20 heavy (non-hydrogen) atoms. The van der Waals surface area contributed by atoms with Crippen molar-refractivity contribution in [2.24, 2.45) is 0 Å². The van der Waals surface area contributed by atoms with Crippen molar-refractivity contribution in [2.45, 2.75) is 27.2 Å². The SMILES string of the molecule is C.C=C(C)C(=O)NCCC[N+](C)(C)CCCS(=O)(=O)O. The highest BCUT2D eigenvalue weighted by molar-refractivity contribution is 7.85. The summed E-state index contributed by atoms with van der Waals surface area (Å²) in [7, 11) is 0.112. The summed E-state index contributed by atoms with van der Waals surface area (Å²) in [6, 6.07) is 0. The summed E-state index contributed by atoms with van der Waals surface area (Å²) >= 11 is 0. The van der Waals surface area contributed by atoms with E-state index in [4.69, 9.17) is 4.55 Å². The van der Waals surface area contributed by atoms with Crippen LogP contribution in [-0.4, -0.2) is 62.8 Å². The quantitative estimate of drug-likeness (QED) is 0.289. The molecule has 1 amide bonds. The highest BCUT2D eigenvalue weighted by atomic mass is 32.2. The molecule has 6 nitrogen and oxygen atoms in total. The van der Waals surface area contributed by atoms with Crippen LogP contribution in [0, 0.1) is 0 Å². The van der Waals surface area contributed by atoms with Crippen LogP contribution in [-0.2, 0) is 14.9 Å². The van der Waals surface area contributed by atoms with Crippen LogP contribution in [0.1, 0.15) is 27.2 Å². The minimum absolute atomic E-state index is 0. The number of quaternary nitrogens is 1. The molecule has 2 N–H and O–H groups in total. The Balaban J connectivity index is 0. The van der Waals surface area contributed by atoms with Crippen LogP contribution < -0.4 is 5.32 Å². The van der Waals surface area contributed by atoms with Gasteiger partial charge >= 0.3 is 0 Å². The van der Waals surface area contributed by atoms with Crippen molar-refractivity contribution in [2.75, 3.05) is 39.5 Å². The Bertz CT molecular complexity index is 416. The Hall–Kier alpha value is -0.920. The number of nitrogens with zero attached hydrogens (tertiary/aromatic N) is 1. The third kappa shape index (κ3) is 12.1. The van der Waals surface area contributed by atoms with E-state index in [0.717, 1.165) is 13.0 Å². The van der Waals surface area contributed by atoms with E-state index < -0.39 is 10.1 Å². The van der Waals surface area contributed by atoms with Crippen molar-refractivity contribution in [3.8, 4) is 0 Å². The fourth-order valence-corrected chi connectivity index (χ4v) is 2.14. The van der Waals surface area contributed by atoms with Gasteiger partial charge in [0.15, 0.2) is 0 Å². The second kappa shape index (κ2) is 9.10. The normalized spacial score (nSPS) is 11.6. The van der Waals surface area contributed by atoms with Gasteiger partial charge in [-0.25, -0.2) is 0 Å². The van der Waals surface area contributed by atoms with Gasteiger partial charge in [0, 0.05) is 25.0 Å². The summed E-state index contributed by atoms with van der Waals surface area (Å²) in [4.78, 5) is 11.2. The van der Waals surface area contributed by atoms with Gasteiger partial charge in [0.1, 0.15) is 0 Å². The van der Waals surface area contributed by atoms with Gasteiger partial charge in [-0.2, -0.15) is 8.42 Å². The second-order valence-electron chi connectivity index (χ2n) is 5.41. The maximum absolute atomic E-state index is 11.2. The molecule has 7 heteroatoms. The molecule has 0 radical (unpaired) electrons. The molecule has 0 aliphatic carbocycles. The van der Waals surface area contributed by atoms with E-state index in [1.165, 1.54) is 0 Å². The lowest BCUT2D eigenvalue weighted by atomic mass is 10.3. The Kier molecular flexibility index (Phi) is 9.72. The number of nitrogens with one attached hydrogen (secondary N) is 1. The van der Waals surface area contributed by atoms with Gasteiger partial charge in [0.2, 0.25) is 5.91 Å². The molecular formula is C13H29N2O4S+. The van der Waals surface area contributed by atoms with Crippen molar-refractivity contribution >= 4 is 16.0 Å². The lowest BCUT2D eigenvalue weighted by Gasteiger charge is -2.29. The number of carbonyl (C=O) groups excluding carboxylic acids is 1. The average molecular weight is 309 g/mol. The molecule has 0 aromatic carbocycles. The first kappa shape index (κ1) is 21.4. The predicted octanol–water partition coefficient (Wildman–Crippen LogP) is 1.06. The monoisotopic (exact) mass is 309 g/mol. The van der Waals surface area contributed by atoms with Crippen LogP contribution in [0.2, 0.25) is 0 Å². The first-order chi connectivity index (χ1) is 8.53. The number of rotatable bonds is 9. The maximum atomic E-state index is 11.2. The third-order valence-electron chi connectivity index (χ3n) is 2.78. The van der Waals surface area contributed by atoms with Gasteiger partial charge in [-0.05, 0) is 6.92 Å². The highest BCUT2D eigenvalue weighted by Gasteiger charge is 2.16. The molecule has 0 fully saturated rings. The van der Waals surface area contributed by atoms with Crippen LogP contribution in [0.3, 0.4) is 0 Å². The number of carbonyl (C=O) groups is 1. The zero-order valence-electron chi connectivity index (χ0n) is 12.0. The van der Waals surface area contributed by atoms with Crippen LogP contribution in [0.15, 0.2) is 12.2 Å². The molecule has 0 rings (SSSR count). The summed E-state index contributed by atoms with van der Waals surface area (Å²) in [6.45, 7) is 7.26. The van der Waals surface area contributed by atoms with Crippen LogP contribution in [0.4, 0.5) is 0 Å². The lowest BCUT2D eigenvalue weighted by molar-refractivity contribution is -0.890. The zero-order chi connectivity index (χ0) is 15.1. The summed E-state index contributed by atoms with van der Waals surface area (Å²) in [6.07, 6.45) is 1.22. The molecule has 0 spiro atoms. The van der Waals surface area contributed by atoms with Crippen molar-refractivity contribution in [1.82, 2.24) is 5.32 Å². The Morgan fingerprint density at radius 1 is 1.25 bits per heavy atom. The minimum atomic E-state index is -3.87. The Morgan fingerprint density at radius 2 is 1.75 bits per heavy atom. The number of hydrogen-bond acceptors (Lipinski definition) is 3. The summed E-state index contributed by atoms with van der Waals surface area (Å²) in [5, 5.41) is 2.75. The predicted molar refractivity (Wildman–Crippen MR) is 82.0 cm³/mol. The smallest absolute Gasteiger partial charge is 0.265 e. The molecule has 0 aromatic heterocycles. The van der Waals surface area contributed by atoms with E-state index >= 15 is 0 Å². The fourth-order valence-electron chi connectivity index (χ4n) is 1.65. The van der Waals surface area contributed by atoms with Gasteiger partial charge in [0.05, 0.1) is 32.9 Å². The molecule has 0 heterocycles.